The Kier molecular flexibility index (Phi) is 5.24. The SMILES string of the molecule is CC12C[C@@H](OC(=O)CCC(=O)O)C(C)(O1)[C@H]1C(=O)N(c3ccc(C#N)c(C(F)(F)F)c3)C(=O)[C@H]12. The van der Waals surface area contributed by atoms with Gasteiger partial charge in [0.15, 0.2) is 0 Å². The largest absolute Gasteiger partial charge is 0.481 e. The molecule has 1 N–H and O–H groups in total. The number of carbonyl (C=O) groups excluding carboxylic acids is 3. The Bertz CT molecular complexity index is 1160. The summed E-state index contributed by atoms with van der Waals surface area (Å²) in [6.45, 7) is 3.06. The molecule has 1 aromatic rings. The number of ether oxygens (including phenoxy) is 2. The van der Waals surface area contributed by atoms with E-state index in [0.29, 0.717) is 11.0 Å². The molecule has 1 aromatic carbocycles. The molecular weight excluding hydrogens is 461 g/mol. The molecule has 3 aliphatic rings. The number of aliphatic carboxylic acids is 1. The van der Waals surface area contributed by atoms with E-state index in [9.17, 15) is 32.3 Å². The highest BCUT2D eigenvalue weighted by molar-refractivity contribution is 6.23. The molecule has 2 amide bonds. The quantitative estimate of drug-likeness (QED) is 0.502. The molecule has 2 unspecified atom stereocenters. The van der Waals surface area contributed by atoms with Crippen LogP contribution in [0, 0.1) is 23.2 Å². The molecule has 4 rings (SSSR count). The first-order chi connectivity index (χ1) is 15.7. The average Bonchev–Trinajstić information content (AvgIpc) is 3.26. The molecule has 34 heavy (non-hydrogen) atoms. The molecule has 3 saturated heterocycles. The number of carboxylic acids is 1. The molecule has 9 nitrogen and oxygen atoms in total. The maximum absolute atomic E-state index is 13.4. The second-order valence-electron chi connectivity index (χ2n) is 8.98. The predicted molar refractivity (Wildman–Crippen MR) is 105 cm³/mol. The van der Waals surface area contributed by atoms with E-state index in [-0.39, 0.29) is 12.1 Å². The molecule has 5 atom stereocenters. The van der Waals surface area contributed by atoms with Gasteiger partial charge in [0.1, 0.15) is 11.7 Å². The van der Waals surface area contributed by atoms with Gasteiger partial charge in [-0.25, -0.2) is 4.90 Å². The van der Waals surface area contributed by atoms with Crippen molar-refractivity contribution in [3.8, 4) is 6.07 Å². The van der Waals surface area contributed by atoms with E-state index in [2.05, 4.69) is 0 Å². The lowest BCUT2D eigenvalue weighted by atomic mass is 9.67. The van der Waals surface area contributed by atoms with Gasteiger partial charge >= 0.3 is 18.1 Å². The van der Waals surface area contributed by atoms with Crippen molar-refractivity contribution in [1.82, 2.24) is 0 Å². The number of benzene rings is 1. The molecule has 2 bridgehead atoms. The Morgan fingerprint density at radius 3 is 2.47 bits per heavy atom. The van der Waals surface area contributed by atoms with Crippen LogP contribution in [0.4, 0.5) is 18.9 Å². The summed E-state index contributed by atoms with van der Waals surface area (Å²) < 4.78 is 51.7. The highest BCUT2D eigenvalue weighted by Gasteiger charge is 2.76. The van der Waals surface area contributed by atoms with Crippen LogP contribution in [0.1, 0.15) is 44.2 Å². The third kappa shape index (κ3) is 3.42. The number of anilines is 1. The molecule has 0 aliphatic carbocycles. The van der Waals surface area contributed by atoms with Crippen molar-refractivity contribution in [2.75, 3.05) is 4.90 Å². The molecule has 0 saturated carbocycles. The van der Waals surface area contributed by atoms with Gasteiger partial charge in [0.05, 0.1) is 53.2 Å². The maximum Gasteiger partial charge on any atom is 0.417 e. The van der Waals surface area contributed by atoms with Gasteiger partial charge < -0.3 is 14.6 Å². The van der Waals surface area contributed by atoms with E-state index in [0.717, 1.165) is 12.1 Å². The fraction of sp³-hybridized carbons (Fsp3) is 0.500. The van der Waals surface area contributed by atoms with Crippen molar-refractivity contribution >= 4 is 29.4 Å². The molecule has 0 spiro atoms. The predicted octanol–water partition coefficient (Wildman–Crippen LogP) is 2.41. The summed E-state index contributed by atoms with van der Waals surface area (Å²) in [6, 6.07) is 4.03. The van der Waals surface area contributed by atoms with Crippen molar-refractivity contribution < 1.29 is 46.9 Å². The third-order valence-corrected chi connectivity index (χ3v) is 6.77. The number of carboxylic acid groups (broad SMARTS) is 1. The molecule has 3 heterocycles. The van der Waals surface area contributed by atoms with Crippen LogP contribution in [0.3, 0.4) is 0 Å². The van der Waals surface area contributed by atoms with Gasteiger partial charge in [-0.15, -0.1) is 0 Å². The van der Waals surface area contributed by atoms with Gasteiger partial charge in [-0.05, 0) is 32.0 Å². The van der Waals surface area contributed by atoms with Gasteiger partial charge in [0, 0.05) is 6.42 Å². The normalized spacial score (nSPS) is 32.0. The third-order valence-electron chi connectivity index (χ3n) is 6.77. The number of halogens is 3. The summed E-state index contributed by atoms with van der Waals surface area (Å²) in [5.74, 6) is -5.67. The highest BCUT2D eigenvalue weighted by Crippen LogP contribution is 2.61. The second kappa shape index (κ2) is 7.53. The second-order valence-corrected chi connectivity index (χ2v) is 8.98. The van der Waals surface area contributed by atoms with Crippen LogP contribution in [-0.2, 0) is 34.8 Å². The van der Waals surface area contributed by atoms with Gasteiger partial charge in [0.25, 0.3) is 0 Å². The summed E-state index contributed by atoms with van der Waals surface area (Å²) in [4.78, 5) is 50.1. The van der Waals surface area contributed by atoms with Crippen molar-refractivity contribution in [1.29, 1.82) is 5.26 Å². The van der Waals surface area contributed by atoms with Gasteiger partial charge in [-0.1, -0.05) is 0 Å². The Morgan fingerprint density at radius 1 is 1.24 bits per heavy atom. The first kappa shape index (κ1) is 23.7. The number of nitrogens with zero attached hydrogens (tertiary/aromatic N) is 2. The van der Waals surface area contributed by atoms with Crippen LogP contribution in [-0.4, -0.2) is 46.2 Å². The number of carbonyl (C=O) groups is 4. The fourth-order valence-electron chi connectivity index (χ4n) is 5.34. The van der Waals surface area contributed by atoms with Crippen LogP contribution in [0.5, 0.6) is 0 Å². The number of hydrogen-bond acceptors (Lipinski definition) is 7. The number of alkyl halides is 3. The monoisotopic (exact) mass is 480 g/mol. The number of imide groups is 1. The summed E-state index contributed by atoms with van der Waals surface area (Å²) in [7, 11) is 0. The molecule has 12 heteroatoms. The molecule has 0 aromatic heterocycles. The lowest BCUT2D eigenvalue weighted by molar-refractivity contribution is -0.163. The summed E-state index contributed by atoms with van der Waals surface area (Å²) >= 11 is 0. The lowest BCUT2D eigenvalue weighted by Gasteiger charge is -2.34. The summed E-state index contributed by atoms with van der Waals surface area (Å²) in [6.07, 6.45) is -6.62. The van der Waals surface area contributed by atoms with E-state index < -0.39 is 83.0 Å². The summed E-state index contributed by atoms with van der Waals surface area (Å²) in [5.41, 5.74) is -4.90. The van der Waals surface area contributed by atoms with Crippen molar-refractivity contribution in [3.05, 3.63) is 29.3 Å². The lowest BCUT2D eigenvalue weighted by Crippen LogP contribution is -2.50. The Balaban J connectivity index is 1.66. The first-order valence-corrected chi connectivity index (χ1v) is 10.3. The van der Waals surface area contributed by atoms with E-state index in [4.69, 9.17) is 19.8 Å². The van der Waals surface area contributed by atoms with Crippen molar-refractivity contribution in [2.45, 2.75) is 56.6 Å². The highest BCUT2D eigenvalue weighted by atomic mass is 19.4. The van der Waals surface area contributed by atoms with E-state index in [1.54, 1.807) is 6.92 Å². The Morgan fingerprint density at radius 2 is 1.88 bits per heavy atom. The van der Waals surface area contributed by atoms with E-state index in [1.165, 1.54) is 13.0 Å². The number of nitriles is 1. The smallest absolute Gasteiger partial charge is 0.417 e. The maximum atomic E-state index is 13.4. The van der Waals surface area contributed by atoms with Crippen LogP contribution in [0.25, 0.3) is 0 Å². The number of fused-ring (bicyclic) bond motifs is 5. The number of amides is 2. The van der Waals surface area contributed by atoms with Crippen LogP contribution in [0.2, 0.25) is 0 Å². The van der Waals surface area contributed by atoms with Gasteiger partial charge in [-0.3, -0.25) is 19.2 Å². The zero-order chi connectivity index (χ0) is 25.2. The topological polar surface area (TPSA) is 134 Å². The van der Waals surface area contributed by atoms with Gasteiger partial charge in [0.2, 0.25) is 11.8 Å². The molecule has 3 fully saturated rings. The Labute approximate surface area is 191 Å². The molecule has 0 radical (unpaired) electrons. The fourth-order valence-corrected chi connectivity index (χ4v) is 5.34. The number of rotatable bonds is 5. The zero-order valence-electron chi connectivity index (χ0n) is 18.0. The zero-order valence-corrected chi connectivity index (χ0v) is 18.0. The minimum absolute atomic E-state index is 0.0531. The average molecular weight is 480 g/mol. The van der Waals surface area contributed by atoms with E-state index >= 15 is 0 Å². The number of hydrogen-bond donors (Lipinski definition) is 1. The van der Waals surface area contributed by atoms with Crippen LogP contribution < -0.4 is 4.90 Å². The minimum Gasteiger partial charge on any atom is -0.481 e. The van der Waals surface area contributed by atoms with Crippen molar-refractivity contribution in [2.24, 2.45) is 11.8 Å². The van der Waals surface area contributed by atoms with Crippen LogP contribution in [0.15, 0.2) is 18.2 Å². The minimum atomic E-state index is -4.88. The summed E-state index contributed by atoms with van der Waals surface area (Å²) in [5, 5.41) is 17.7. The Hall–Kier alpha value is -3.46. The van der Waals surface area contributed by atoms with Crippen LogP contribution >= 0.6 is 0 Å². The first-order valence-electron chi connectivity index (χ1n) is 10.3. The standard InChI is InChI=1S/C22H19F3N2O7/c1-20-8-13(33-15(30)6-5-14(28)29)21(2,34-20)17-16(20)18(31)27(19(17)32)11-4-3-10(9-26)12(7-11)22(23,24)25/h3-4,7,13,16-17H,5-6,8H2,1-2H3,(H,28,29)/t13-,16+,17-,20?,21?/m1/s1. The molecule has 3 aliphatic heterocycles. The molecule has 180 valence electrons. The molecular formula is C22H19F3N2O7. The van der Waals surface area contributed by atoms with Gasteiger partial charge in [-0.2, -0.15) is 18.4 Å². The number of esters is 1. The van der Waals surface area contributed by atoms with E-state index in [1.807, 2.05) is 0 Å². The van der Waals surface area contributed by atoms with Crippen molar-refractivity contribution in [3.63, 3.8) is 0 Å².